The molecule has 2 aromatic heterocycles. The first-order valence-corrected chi connectivity index (χ1v) is 11.5. The van der Waals surface area contributed by atoms with Crippen molar-refractivity contribution in [1.82, 2.24) is 20.1 Å². The van der Waals surface area contributed by atoms with E-state index < -0.39 is 11.6 Å². The van der Waals surface area contributed by atoms with Crippen molar-refractivity contribution in [2.75, 3.05) is 5.73 Å². The number of carboxylic acid groups (broad SMARTS) is 1. The minimum absolute atomic E-state index is 0.184. The number of benzene rings is 3. The summed E-state index contributed by atoms with van der Waals surface area (Å²) < 4.78 is 27.7. The minimum atomic E-state index is -0.696. The van der Waals surface area contributed by atoms with Crippen LogP contribution in [0.5, 0.6) is 0 Å². The maximum atomic E-state index is 14.3. The third-order valence-corrected chi connectivity index (χ3v) is 5.71. The summed E-state index contributed by atoms with van der Waals surface area (Å²) in [5.74, 6) is -1.24. The number of pyridine rings is 1. The molecule has 192 valence electrons. The number of nitrogens with zero attached hydrogens (tertiary/aromatic N) is 3. The fourth-order valence-corrected chi connectivity index (χ4v) is 3.96. The van der Waals surface area contributed by atoms with Crippen LogP contribution in [0, 0.1) is 11.6 Å². The van der Waals surface area contributed by atoms with Crippen LogP contribution in [0.3, 0.4) is 0 Å². The van der Waals surface area contributed by atoms with E-state index in [1.54, 1.807) is 41.3 Å². The van der Waals surface area contributed by atoms with Crippen molar-refractivity contribution in [2.24, 2.45) is 0 Å². The van der Waals surface area contributed by atoms with Crippen molar-refractivity contribution >= 4 is 29.1 Å². The first-order chi connectivity index (χ1) is 18.4. The van der Waals surface area contributed by atoms with Crippen LogP contribution in [0.25, 0.3) is 22.2 Å². The summed E-state index contributed by atoms with van der Waals surface area (Å²) in [6.07, 6.45) is 0. The average molecular weight is 516 g/mol. The number of carbonyl (C=O) groups is 2. The number of carbonyl (C=O) groups excluding carboxylic acids is 1. The number of fused-ring (bicyclic) bond motifs is 1. The van der Waals surface area contributed by atoms with Gasteiger partial charge in [-0.25, -0.2) is 8.78 Å². The van der Waals surface area contributed by atoms with E-state index in [9.17, 15) is 13.6 Å². The molecule has 10 heteroatoms. The summed E-state index contributed by atoms with van der Waals surface area (Å²) in [7, 11) is 0. The van der Waals surface area contributed by atoms with Crippen LogP contribution in [-0.2, 0) is 17.9 Å². The van der Waals surface area contributed by atoms with E-state index in [1.807, 2.05) is 30.3 Å². The van der Waals surface area contributed by atoms with Crippen LogP contribution in [0.15, 0.2) is 84.9 Å². The van der Waals surface area contributed by atoms with Gasteiger partial charge in [0.2, 0.25) is 0 Å². The van der Waals surface area contributed by atoms with E-state index in [0.717, 1.165) is 17.1 Å². The Morgan fingerprint density at radius 2 is 1.74 bits per heavy atom. The Kier molecular flexibility index (Phi) is 8.02. The van der Waals surface area contributed by atoms with E-state index in [2.05, 4.69) is 15.2 Å². The van der Waals surface area contributed by atoms with Gasteiger partial charge in [0.05, 0.1) is 23.4 Å². The summed E-state index contributed by atoms with van der Waals surface area (Å²) in [6.45, 7) is 0.276. The van der Waals surface area contributed by atoms with Crippen molar-refractivity contribution in [3.8, 4) is 11.3 Å². The number of rotatable bonds is 6. The molecule has 1 amide bonds. The number of nitrogens with one attached hydrogen (secondary N) is 1. The number of aromatic nitrogens is 3. The second kappa shape index (κ2) is 11.7. The Hall–Kier alpha value is -5.12. The zero-order valence-electron chi connectivity index (χ0n) is 20.0. The molecule has 0 radical (unpaired) electrons. The lowest BCUT2D eigenvalue weighted by atomic mass is 10.1. The highest BCUT2D eigenvalue weighted by molar-refractivity contribution is 6.00. The summed E-state index contributed by atoms with van der Waals surface area (Å²) in [5.41, 5.74) is 9.20. The molecule has 0 aliphatic rings. The predicted octanol–water partition coefficient (Wildman–Crippen LogP) is 5.03. The van der Waals surface area contributed by atoms with Crippen LogP contribution in [0.1, 0.15) is 21.6 Å². The number of nitrogen functional groups attached to an aromatic ring is 1. The Bertz CT molecular complexity index is 1570. The van der Waals surface area contributed by atoms with Crippen LogP contribution in [0.2, 0.25) is 0 Å². The molecule has 0 bridgehead atoms. The Balaban J connectivity index is 0.00000107. The number of hydrogen-bond acceptors (Lipinski definition) is 5. The van der Waals surface area contributed by atoms with Crippen LogP contribution >= 0.6 is 0 Å². The summed E-state index contributed by atoms with van der Waals surface area (Å²) in [5, 5.41) is 14.4. The quantitative estimate of drug-likeness (QED) is 0.273. The highest BCUT2D eigenvalue weighted by Crippen LogP contribution is 2.24. The van der Waals surface area contributed by atoms with E-state index >= 15 is 0 Å². The number of aromatic amines is 1. The van der Waals surface area contributed by atoms with Gasteiger partial charge < -0.3 is 15.7 Å². The monoisotopic (exact) mass is 515 g/mol. The molecule has 0 saturated carbocycles. The summed E-state index contributed by atoms with van der Waals surface area (Å²) in [4.78, 5) is 28.2. The number of hydrogen-bond donors (Lipinski definition) is 3. The first kappa shape index (κ1) is 26.0. The van der Waals surface area contributed by atoms with Gasteiger partial charge in [0.25, 0.3) is 12.4 Å². The number of halogens is 2. The summed E-state index contributed by atoms with van der Waals surface area (Å²) in [6, 6.07) is 23.3. The Morgan fingerprint density at radius 3 is 2.47 bits per heavy atom. The highest BCUT2D eigenvalue weighted by Gasteiger charge is 2.19. The van der Waals surface area contributed by atoms with Gasteiger partial charge >= 0.3 is 0 Å². The molecule has 0 aliphatic heterocycles. The maximum Gasteiger partial charge on any atom is 0.290 e. The first-order valence-electron chi connectivity index (χ1n) is 11.5. The predicted molar refractivity (Wildman–Crippen MR) is 139 cm³/mol. The number of amides is 1. The van der Waals surface area contributed by atoms with E-state index in [0.29, 0.717) is 34.7 Å². The van der Waals surface area contributed by atoms with Crippen molar-refractivity contribution < 1.29 is 23.5 Å². The third-order valence-electron chi connectivity index (χ3n) is 5.71. The molecule has 0 aliphatic carbocycles. The second-order valence-corrected chi connectivity index (χ2v) is 8.26. The molecule has 2 heterocycles. The van der Waals surface area contributed by atoms with Gasteiger partial charge in [-0.05, 0) is 48.0 Å². The van der Waals surface area contributed by atoms with Crippen molar-refractivity contribution in [2.45, 2.75) is 13.1 Å². The Morgan fingerprint density at radius 1 is 0.974 bits per heavy atom. The summed E-state index contributed by atoms with van der Waals surface area (Å²) >= 11 is 0. The zero-order chi connectivity index (χ0) is 27.1. The lowest BCUT2D eigenvalue weighted by Crippen LogP contribution is -2.30. The maximum absolute atomic E-state index is 14.3. The standard InChI is InChI=1S/C27H21F2N5O.CH2O2/c28-19-10-11-21(23(29)14-19)24-8-4-7-20(31-24)16-34(15-17-5-2-1-3-6-17)27(35)18-9-12-25-22(13-18)26(30)33-32-25;2-1-3/h1-14H,15-16H2,(H3,30,32,33);1H,(H,2,3). The molecular weight excluding hydrogens is 492 g/mol. The van der Waals surface area contributed by atoms with Crippen LogP contribution in [-0.4, -0.2) is 37.6 Å². The molecule has 0 fully saturated rings. The zero-order valence-corrected chi connectivity index (χ0v) is 20.0. The van der Waals surface area contributed by atoms with Gasteiger partial charge in [0.1, 0.15) is 11.6 Å². The lowest BCUT2D eigenvalue weighted by molar-refractivity contribution is -0.122. The highest BCUT2D eigenvalue weighted by atomic mass is 19.1. The largest absolute Gasteiger partial charge is 0.483 e. The van der Waals surface area contributed by atoms with Crippen molar-refractivity contribution in [3.63, 3.8) is 0 Å². The topological polar surface area (TPSA) is 125 Å². The van der Waals surface area contributed by atoms with Gasteiger partial charge in [0.15, 0.2) is 5.82 Å². The normalized spacial score (nSPS) is 10.5. The van der Waals surface area contributed by atoms with Crippen LogP contribution < -0.4 is 5.73 Å². The minimum Gasteiger partial charge on any atom is -0.483 e. The van der Waals surface area contributed by atoms with Crippen LogP contribution in [0.4, 0.5) is 14.6 Å². The molecule has 4 N–H and O–H groups in total. The third kappa shape index (κ3) is 5.98. The van der Waals surface area contributed by atoms with Crippen molar-refractivity contribution in [3.05, 3.63) is 113 Å². The fourth-order valence-electron chi connectivity index (χ4n) is 3.96. The van der Waals surface area contributed by atoms with Gasteiger partial charge in [0, 0.05) is 29.1 Å². The molecule has 8 nitrogen and oxygen atoms in total. The molecule has 0 saturated heterocycles. The Labute approximate surface area is 216 Å². The van der Waals surface area contributed by atoms with E-state index in [4.69, 9.17) is 15.6 Å². The number of H-pyrrole nitrogens is 1. The molecule has 38 heavy (non-hydrogen) atoms. The SMILES string of the molecule is Nc1n[nH]c2ccc(C(=O)N(Cc3ccccc3)Cc3cccc(-c4ccc(F)cc4F)n3)cc12.O=CO. The van der Waals surface area contributed by atoms with Gasteiger partial charge in [-0.15, -0.1) is 0 Å². The smallest absolute Gasteiger partial charge is 0.290 e. The van der Waals surface area contributed by atoms with E-state index in [1.165, 1.54) is 12.1 Å². The molecule has 5 rings (SSSR count). The molecule has 0 atom stereocenters. The average Bonchev–Trinajstić information content (AvgIpc) is 3.29. The van der Waals surface area contributed by atoms with Gasteiger partial charge in [-0.2, -0.15) is 5.10 Å². The number of nitrogens with two attached hydrogens (primary N) is 1. The number of anilines is 1. The van der Waals surface area contributed by atoms with Gasteiger partial charge in [-0.3, -0.25) is 19.7 Å². The lowest BCUT2D eigenvalue weighted by Gasteiger charge is -2.23. The van der Waals surface area contributed by atoms with Gasteiger partial charge in [-0.1, -0.05) is 36.4 Å². The molecule has 0 spiro atoms. The molecule has 0 unspecified atom stereocenters. The van der Waals surface area contributed by atoms with E-state index in [-0.39, 0.29) is 24.5 Å². The molecular formula is C28H23F2N5O3. The fraction of sp³-hybridized carbons (Fsp3) is 0.0714. The van der Waals surface area contributed by atoms with Crippen molar-refractivity contribution in [1.29, 1.82) is 0 Å². The molecule has 3 aromatic carbocycles. The second-order valence-electron chi connectivity index (χ2n) is 8.26. The molecule has 5 aromatic rings.